The second-order valence-corrected chi connectivity index (χ2v) is 8.07. The van der Waals surface area contributed by atoms with Crippen LogP contribution >= 0.6 is 0 Å². The van der Waals surface area contributed by atoms with Crippen LogP contribution in [-0.4, -0.2) is 51.3 Å². The van der Waals surface area contributed by atoms with E-state index >= 15 is 0 Å². The summed E-state index contributed by atoms with van der Waals surface area (Å²) < 4.78 is 30.3. The van der Waals surface area contributed by atoms with Gasteiger partial charge in [-0.1, -0.05) is 0 Å². The number of nitrogens with one attached hydrogen (secondary N) is 1. The summed E-state index contributed by atoms with van der Waals surface area (Å²) in [5.41, 5.74) is 2.95. The van der Waals surface area contributed by atoms with Crippen molar-refractivity contribution >= 4 is 10.0 Å². The van der Waals surface area contributed by atoms with E-state index in [0.717, 1.165) is 45.3 Å². The van der Waals surface area contributed by atoms with Crippen LogP contribution in [0.2, 0.25) is 0 Å². The lowest BCUT2D eigenvalue weighted by atomic mass is 9.83. The van der Waals surface area contributed by atoms with Crippen LogP contribution in [0.5, 0.6) is 0 Å². The van der Waals surface area contributed by atoms with Gasteiger partial charge in [-0.05, 0) is 43.9 Å². The van der Waals surface area contributed by atoms with Crippen molar-refractivity contribution in [1.82, 2.24) is 9.73 Å². The molecule has 0 aromatic rings. The minimum Gasteiger partial charge on any atom is -0.381 e. The molecule has 20 heavy (non-hydrogen) atoms. The maximum Gasteiger partial charge on any atom is 0.211 e. The third-order valence-corrected chi connectivity index (χ3v) is 5.86. The molecule has 2 unspecified atom stereocenters. The topological polar surface area (TPSA) is 84.7 Å². The zero-order valence-corrected chi connectivity index (χ0v) is 13.1. The van der Waals surface area contributed by atoms with Crippen LogP contribution in [0, 0.1) is 11.8 Å². The van der Waals surface area contributed by atoms with Crippen LogP contribution in [0.3, 0.4) is 0 Å². The van der Waals surface area contributed by atoms with Crippen molar-refractivity contribution in [2.45, 2.75) is 38.1 Å². The highest BCUT2D eigenvalue weighted by atomic mass is 32.2. The molecule has 7 heteroatoms. The number of nitrogens with zero attached hydrogens (tertiary/aromatic N) is 1. The third kappa shape index (κ3) is 4.39. The van der Waals surface area contributed by atoms with E-state index in [1.807, 2.05) is 0 Å². The van der Waals surface area contributed by atoms with Crippen LogP contribution in [0.25, 0.3) is 0 Å². The summed E-state index contributed by atoms with van der Waals surface area (Å²) in [6.07, 6.45) is 6.37. The summed E-state index contributed by atoms with van der Waals surface area (Å²) in [6.45, 7) is 2.92. The van der Waals surface area contributed by atoms with Crippen molar-refractivity contribution < 1.29 is 13.2 Å². The SMILES string of the molecule is CS(=O)(=O)N1CCCC(CC(NN)C2CCOCC2)C1. The molecule has 0 saturated carbocycles. The lowest BCUT2D eigenvalue weighted by Crippen LogP contribution is -2.47. The summed E-state index contributed by atoms with van der Waals surface area (Å²) >= 11 is 0. The number of nitrogens with two attached hydrogens (primary N) is 1. The highest BCUT2D eigenvalue weighted by Gasteiger charge is 2.30. The first kappa shape index (κ1) is 16.2. The first-order valence-corrected chi connectivity index (χ1v) is 9.34. The molecular formula is C13H27N3O3S. The van der Waals surface area contributed by atoms with Gasteiger partial charge in [0.15, 0.2) is 0 Å². The molecule has 0 aromatic heterocycles. The molecule has 0 radical (unpaired) electrons. The number of rotatable bonds is 5. The van der Waals surface area contributed by atoms with Gasteiger partial charge in [0, 0.05) is 32.3 Å². The van der Waals surface area contributed by atoms with Crippen molar-refractivity contribution in [2.24, 2.45) is 17.7 Å². The van der Waals surface area contributed by atoms with Crippen molar-refractivity contribution in [2.75, 3.05) is 32.6 Å². The highest BCUT2D eigenvalue weighted by Crippen LogP contribution is 2.28. The summed E-state index contributed by atoms with van der Waals surface area (Å²) in [6, 6.07) is 0.267. The third-order valence-electron chi connectivity index (χ3n) is 4.59. The van der Waals surface area contributed by atoms with Gasteiger partial charge in [-0.15, -0.1) is 0 Å². The number of piperidine rings is 1. The van der Waals surface area contributed by atoms with Gasteiger partial charge in [-0.2, -0.15) is 0 Å². The fourth-order valence-corrected chi connectivity index (χ4v) is 4.34. The second-order valence-electron chi connectivity index (χ2n) is 6.09. The maximum absolute atomic E-state index is 11.7. The van der Waals surface area contributed by atoms with Crippen LogP contribution in [0.15, 0.2) is 0 Å². The normalized spacial score (nSPS) is 28.4. The van der Waals surface area contributed by atoms with Gasteiger partial charge in [0.2, 0.25) is 10.0 Å². The van der Waals surface area contributed by atoms with Crippen LogP contribution in [0.4, 0.5) is 0 Å². The molecule has 3 N–H and O–H groups in total. The van der Waals surface area contributed by atoms with Crippen molar-refractivity contribution in [3.8, 4) is 0 Å². The van der Waals surface area contributed by atoms with Crippen LogP contribution < -0.4 is 11.3 Å². The molecule has 2 heterocycles. The predicted octanol–water partition coefficient (Wildman–Crippen LogP) is 0.307. The first-order chi connectivity index (χ1) is 9.50. The van der Waals surface area contributed by atoms with Gasteiger partial charge < -0.3 is 4.74 Å². The molecule has 2 saturated heterocycles. The second kappa shape index (κ2) is 7.17. The van der Waals surface area contributed by atoms with Crippen molar-refractivity contribution in [3.05, 3.63) is 0 Å². The lowest BCUT2D eigenvalue weighted by Gasteiger charge is -2.36. The highest BCUT2D eigenvalue weighted by molar-refractivity contribution is 7.88. The molecule has 2 aliphatic rings. The minimum absolute atomic E-state index is 0.267. The summed E-state index contributed by atoms with van der Waals surface area (Å²) in [4.78, 5) is 0. The Bertz CT molecular complexity index is 396. The van der Waals surface area contributed by atoms with Crippen LogP contribution in [-0.2, 0) is 14.8 Å². The molecule has 2 aliphatic heterocycles. The van der Waals surface area contributed by atoms with Crippen molar-refractivity contribution in [1.29, 1.82) is 0 Å². The Kier molecular flexibility index (Phi) is 5.80. The molecule has 0 aliphatic carbocycles. The Labute approximate surface area is 122 Å². The Balaban J connectivity index is 1.90. The van der Waals surface area contributed by atoms with E-state index in [2.05, 4.69) is 5.43 Å². The number of ether oxygens (including phenoxy) is 1. The summed E-state index contributed by atoms with van der Waals surface area (Å²) in [5.74, 6) is 6.67. The summed E-state index contributed by atoms with van der Waals surface area (Å²) in [7, 11) is -3.06. The Hall–Kier alpha value is -0.210. The maximum atomic E-state index is 11.7. The molecule has 2 fully saturated rings. The average Bonchev–Trinajstić information content (AvgIpc) is 2.45. The number of sulfonamides is 1. The van der Waals surface area contributed by atoms with E-state index in [1.54, 1.807) is 4.31 Å². The van der Waals surface area contributed by atoms with E-state index in [9.17, 15) is 8.42 Å². The number of hydrogen-bond donors (Lipinski definition) is 2. The molecular weight excluding hydrogens is 278 g/mol. The van der Waals surface area contributed by atoms with E-state index in [-0.39, 0.29) is 6.04 Å². The smallest absolute Gasteiger partial charge is 0.211 e. The Morgan fingerprint density at radius 2 is 2.05 bits per heavy atom. The molecule has 118 valence electrons. The zero-order chi connectivity index (χ0) is 14.6. The molecule has 0 spiro atoms. The number of hydrazine groups is 1. The van der Waals surface area contributed by atoms with Crippen molar-refractivity contribution in [3.63, 3.8) is 0 Å². The fraction of sp³-hybridized carbons (Fsp3) is 1.00. The quantitative estimate of drug-likeness (QED) is 0.564. The van der Waals surface area contributed by atoms with E-state index < -0.39 is 10.0 Å². The van der Waals surface area contributed by atoms with Gasteiger partial charge in [-0.3, -0.25) is 11.3 Å². The number of hydrogen-bond acceptors (Lipinski definition) is 5. The van der Waals surface area contributed by atoms with Gasteiger partial charge in [0.1, 0.15) is 0 Å². The van der Waals surface area contributed by atoms with Gasteiger partial charge in [-0.25, -0.2) is 12.7 Å². The lowest BCUT2D eigenvalue weighted by molar-refractivity contribution is 0.0485. The molecule has 0 amide bonds. The summed E-state index contributed by atoms with van der Waals surface area (Å²) in [5, 5.41) is 0. The van der Waals surface area contributed by atoms with Crippen LogP contribution in [0.1, 0.15) is 32.1 Å². The standard InChI is InChI=1S/C13H27N3O3S/c1-20(17,18)16-6-2-3-11(10-16)9-13(15-14)12-4-7-19-8-5-12/h11-13,15H,2-10,14H2,1H3. The zero-order valence-electron chi connectivity index (χ0n) is 12.3. The Morgan fingerprint density at radius 1 is 1.35 bits per heavy atom. The average molecular weight is 305 g/mol. The molecule has 6 nitrogen and oxygen atoms in total. The molecule has 0 aromatic carbocycles. The molecule has 2 rings (SSSR count). The fourth-order valence-electron chi connectivity index (χ4n) is 3.39. The first-order valence-electron chi connectivity index (χ1n) is 7.49. The van der Waals surface area contributed by atoms with Gasteiger partial charge in [0.05, 0.1) is 6.26 Å². The van der Waals surface area contributed by atoms with E-state index in [4.69, 9.17) is 10.6 Å². The predicted molar refractivity (Wildman–Crippen MR) is 78.4 cm³/mol. The Morgan fingerprint density at radius 3 is 2.65 bits per heavy atom. The largest absolute Gasteiger partial charge is 0.381 e. The van der Waals surface area contributed by atoms with E-state index in [1.165, 1.54) is 6.26 Å². The van der Waals surface area contributed by atoms with Gasteiger partial charge in [0.25, 0.3) is 0 Å². The van der Waals surface area contributed by atoms with Gasteiger partial charge >= 0.3 is 0 Å². The molecule has 0 bridgehead atoms. The minimum atomic E-state index is -3.06. The monoisotopic (exact) mass is 305 g/mol. The molecule has 2 atom stereocenters. The van der Waals surface area contributed by atoms with E-state index in [0.29, 0.717) is 24.9 Å².